The predicted molar refractivity (Wildman–Crippen MR) is 95.1 cm³/mol. The molecular weight excluding hydrogens is 345 g/mol. The Morgan fingerprint density at radius 2 is 1.83 bits per heavy atom. The van der Waals surface area contributed by atoms with Crippen molar-refractivity contribution in [2.75, 3.05) is 11.9 Å². The molecule has 0 aliphatic heterocycles. The quantitative estimate of drug-likeness (QED) is 0.504. The van der Waals surface area contributed by atoms with Crippen LogP contribution in [0.3, 0.4) is 0 Å². The van der Waals surface area contributed by atoms with Crippen LogP contribution in [0.5, 0.6) is 0 Å². The molecule has 1 heterocycles. The average Bonchev–Trinajstić information content (AvgIpc) is 3.07. The van der Waals surface area contributed by atoms with Crippen molar-refractivity contribution < 1.29 is 9.18 Å². The number of nitrogens with one attached hydrogen (secondary N) is 1. The summed E-state index contributed by atoms with van der Waals surface area (Å²) >= 11 is 3.01. The standard InChI is InChI=1S/C17H14FN3OS2/c18-14-8-6-13(7-9-14)15(22)10-19-16-20-21-17(24-16)23-11-12-4-2-1-3-5-12/h1-9H,10-11H2,(H,19,20). The minimum atomic E-state index is -0.358. The van der Waals surface area contributed by atoms with E-state index in [1.165, 1.54) is 41.2 Å². The normalized spacial score (nSPS) is 10.5. The summed E-state index contributed by atoms with van der Waals surface area (Å²) in [5.41, 5.74) is 1.69. The van der Waals surface area contributed by atoms with E-state index in [0.29, 0.717) is 10.7 Å². The Morgan fingerprint density at radius 3 is 2.58 bits per heavy atom. The van der Waals surface area contributed by atoms with Crippen molar-refractivity contribution in [2.24, 2.45) is 0 Å². The summed E-state index contributed by atoms with van der Waals surface area (Å²) in [4.78, 5) is 12.0. The Morgan fingerprint density at radius 1 is 1.08 bits per heavy atom. The van der Waals surface area contributed by atoms with Crippen molar-refractivity contribution in [3.8, 4) is 0 Å². The van der Waals surface area contributed by atoms with Gasteiger partial charge in [-0.3, -0.25) is 4.79 Å². The zero-order chi connectivity index (χ0) is 16.8. The second kappa shape index (κ2) is 8.03. The summed E-state index contributed by atoms with van der Waals surface area (Å²) in [6.07, 6.45) is 0. The fraction of sp³-hybridized carbons (Fsp3) is 0.118. The van der Waals surface area contributed by atoms with E-state index in [1.54, 1.807) is 11.8 Å². The van der Waals surface area contributed by atoms with Gasteiger partial charge in [0.2, 0.25) is 5.13 Å². The van der Waals surface area contributed by atoms with Crippen molar-refractivity contribution in [3.05, 3.63) is 71.5 Å². The number of nitrogens with zero attached hydrogens (tertiary/aromatic N) is 2. The molecule has 0 fully saturated rings. The SMILES string of the molecule is O=C(CNc1nnc(SCc2ccccc2)s1)c1ccc(F)cc1. The number of hydrogen-bond acceptors (Lipinski definition) is 6. The van der Waals surface area contributed by atoms with Gasteiger partial charge in [-0.1, -0.05) is 53.4 Å². The van der Waals surface area contributed by atoms with Crippen LogP contribution in [0.15, 0.2) is 58.9 Å². The Bertz CT molecular complexity index is 806. The van der Waals surface area contributed by atoms with Gasteiger partial charge in [-0.05, 0) is 29.8 Å². The number of rotatable bonds is 7. The van der Waals surface area contributed by atoms with Gasteiger partial charge in [0.15, 0.2) is 10.1 Å². The molecule has 24 heavy (non-hydrogen) atoms. The lowest BCUT2D eigenvalue weighted by atomic mass is 10.1. The summed E-state index contributed by atoms with van der Waals surface area (Å²) in [5.74, 6) is 0.344. The smallest absolute Gasteiger partial charge is 0.206 e. The van der Waals surface area contributed by atoms with Crippen LogP contribution in [-0.2, 0) is 5.75 Å². The maximum absolute atomic E-state index is 12.9. The molecule has 1 N–H and O–H groups in total. The van der Waals surface area contributed by atoms with Crippen LogP contribution < -0.4 is 5.32 Å². The van der Waals surface area contributed by atoms with Crippen LogP contribution in [-0.4, -0.2) is 22.5 Å². The molecule has 3 aromatic rings. The Balaban J connectivity index is 1.50. The van der Waals surface area contributed by atoms with Gasteiger partial charge in [-0.25, -0.2) is 4.39 Å². The lowest BCUT2D eigenvalue weighted by Crippen LogP contribution is -2.13. The first-order valence-electron chi connectivity index (χ1n) is 7.23. The Labute approximate surface area is 147 Å². The van der Waals surface area contributed by atoms with E-state index in [2.05, 4.69) is 27.6 Å². The highest BCUT2D eigenvalue weighted by Crippen LogP contribution is 2.28. The van der Waals surface area contributed by atoms with E-state index in [9.17, 15) is 9.18 Å². The van der Waals surface area contributed by atoms with Gasteiger partial charge in [0.1, 0.15) is 5.82 Å². The van der Waals surface area contributed by atoms with E-state index in [-0.39, 0.29) is 18.1 Å². The molecule has 1 aromatic heterocycles. The summed E-state index contributed by atoms with van der Waals surface area (Å²) in [6.45, 7) is 0.101. The summed E-state index contributed by atoms with van der Waals surface area (Å²) in [7, 11) is 0. The molecule has 0 aliphatic rings. The van der Waals surface area contributed by atoms with Gasteiger partial charge >= 0.3 is 0 Å². The second-order valence-electron chi connectivity index (χ2n) is 4.93. The van der Waals surface area contributed by atoms with E-state index in [1.807, 2.05) is 18.2 Å². The average molecular weight is 359 g/mol. The number of benzene rings is 2. The van der Waals surface area contributed by atoms with Crippen LogP contribution >= 0.6 is 23.1 Å². The Hall–Kier alpha value is -2.25. The molecule has 7 heteroatoms. The third kappa shape index (κ3) is 4.62. The molecule has 0 amide bonds. The molecule has 0 bridgehead atoms. The third-order valence-corrected chi connectivity index (χ3v) is 5.26. The summed E-state index contributed by atoms with van der Waals surface area (Å²) in [5, 5.41) is 11.7. The number of anilines is 1. The molecule has 122 valence electrons. The van der Waals surface area contributed by atoms with Crippen LogP contribution in [0.25, 0.3) is 0 Å². The Kier molecular flexibility index (Phi) is 5.55. The first-order valence-corrected chi connectivity index (χ1v) is 9.04. The fourth-order valence-electron chi connectivity index (χ4n) is 1.95. The molecule has 0 saturated carbocycles. The topological polar surface area (TPSA) is 54.9 Å². The molecule has 4 nitrogen and oxygen atoms in total. The first-order chi connectivity index (χ1) is 11.7. The highest BCUT2D eigenvalue weighted by atomic mass is 32.2. The summed E-state index contributed by atoms with van der Waals surface area (Å²) in [6, 6.07) is 15.6. The monoisotopic (exact) mass is 359 g/mol. The summed E-state index contributed by atoms with van der Waals surface area (Å²) < 4.78 is 13.7. The maximum atomic E-state index is 12.9. The molecule has 0 atom stereocenters. The van der Waals surface area contributed by atoms with Crippen molar-refractivity contribution in [1.82, 2.24) is 10.2 Å². The van der Waals surface area contributed by atoms with Crippen LogP contribution in [0, 0.1) is 5.82 Å². The van der Waals surface area contributed by atoms with Gasteiger partial charge in [0, 0.05) is 11.3 Å². The number of hydrogen-bond donors (Lipinski definition) is 1. The van der Waals surface area contributed by atoms with Crippen LogP contribution in [0.1, 0.15) is 15.9 Å². The first kappa shape index (κ1) is 16.6. The van der Waals surface area contributed by atoms with Gasteiger partial charge in [-0.2, -0.15) is 0 Å². The molecule has 3 rings (SSSR count). The predicted octanol–water partition coefficient (Wildman–Crippen LogP) is 4.26. The van der Waals surface area contributed by atoms with Crippen LogP contribution in [0.2, 0.25) is 0 Å². The minimum Gasteiger partial charge on any atom is -0.353 e. The number of halogens is 1. The fourth-order valence-corrected chi connectivity index (χ4v) is 3.66. The van der Waals surface area contributed by atoms with Crippen molar-refractivity contribution in [3.63, 3.8) is 0 Å². The zero-order valence-electron chi connectivity index (χ0n) is 12.6. The number of thioether (sulfide) groups is 1. The van der Waals surface area contributed by atoms with Crippen molar-refractivity contribution in [2.45, 2.75) is 10.1 Å². The van der Waals surface area contributed by atoms with Gasteiger partial charge in [0.25, 0.3) is 0 Å². The molecule has 2 aromatic carbocycles. The number of ketones is 1. The van der Waals surface area contributed by atoms with Crippen molar-refractivity contribution in [1.29, 1.82) is 0 Å². The van der Waals surface area contributed by atoms with Gasteiger partial charge in [-0.15, -0.1) is 10.2 Å². The van der Waals surface area contributed by atoms with Crippen molar-refractivity contribution >= 4 is 34.0 Å². The number of carbonyl (C=O) groups excluding carboxylic acids is 1. The van der Waals surface area contributed by atoms with Crippen LogP contribution in [0.4, 0.5) is 9.52 Å². The lowest BCUT2D eigenvalue weighted by molar-refractivity contribution is 0.101. The highest BCUT2D eigenvalue weighted by Gasteiger charge is 2.09. The third-order valence-electron chi connectivity index (χ3n) is 3.18. The van der Waals surface area contributed by atoms with E-state index < -0.39 is 0 Å². The molecular formula is C17H14FN3OS2. The molecule has 0 unspecified atom stereocenters. The van der Waals surface area contributed by atoms with Gasteiger partial charge < -0.3 is 5.32 Å². The molecule has 0 aliphatic carbocycles. The molecule has 0 radical (unpaired) electrons. The van der Waals surface area contributed by atoms with Gasteiger partial charge in [0.05, 0.1) is 6.54 Å². The number of aromatic nitrogens is 2. The minimum absolute atomic E-state index is 0.101. The second-order valence-corrected chi connectivity index (χ2v) is 7.13. The molecule has 0 spiro atoms. The number of Topliss-reactive ketones (excluding diaryl/α,β-unsaturated/α-hetero) is 1. The van der Waals surface area contributed by atoms with E-state index >= 15 is 0 Å². The maximum Gasteiger partial charge on any atom is 0.206 e. The zero-order valence-corrected chi connectivity index (χ0v) is 14.2. The van der Waals surface area contributed by atoms with E-state index in [0.717, 1.165) is 10.1 Å². The lowest BCUT2D eigenvalue weighted by Gasteiger charge is -2.01. The number of carbonyl (C=O) groups is 1. The highest BCUT2D eigenvalue weighted by molar-refractivity contribution is 8.00. The molecule has 0 saturated heterocycles. The largest absolute Gasteiger partial charge is 0.353 e. The van der Waals surface area contributed by atoms with E-state index in [4.69, 9.17) is 0 Å².